The first-order chi connectivity index (χ1) is 13.0. The minimum Gasteiger partial charge on any atom is -0.489 e. The standard InChI is InChI=1S/C22H23N3O2/c1-15(2)27-21-7-5-4-6-19(21)25-22(26)20-13-12-18(14-23-20)24-17-10-8-16(3)9-11-17/h4-15,24H,1-3H3,(H,25,26). The normalized spacial score (nSPS) is 10.5. The van der Waals surface area contributed by atoms with Crippen LogP contribution in [0.15, 0.2) is 66.9 Å². The fraction of sp³-hybridized carbons (Fsp3) is 0.182. The number of aromatic nitrogens is 1. The molecule has 2 N–H and O–H groups in total. The van der Waals surface area contributed by atoms with Gasteiger partial charge in [0, 0.05) is 5.69 Å². The molecule has 5 heteroatoms. The van der Waals surface area contributed by atoms with Crippen molar-refractivity contribution in [2.24, 2.45) is 0 Å². The maximum absolute atomic E-state index is 12.5. The molecule has 0 atom stereocenters. The van der Waals surface area contributed by atoms with E-state index in [0.29, 0.717) is 17.1 Å². The second-order valence-electron chi connectivity index (χ2n) is 6.54. The van der Waals surface area contributed by atoms with Crippen LogP contribution in [0, 0.1) is 6.92 Å². The van der Waals surface area contributed by atoms with E-state index in [-0.39, 0.29) is 12.0 Å². The third kappa shape index (κ3) is 5.07. The smallest absolute Gasteiger partial charge is 0.274 e. The Morgan fingerprint density at radius 3 is 2.33 bits per heavy atom. The van der Waals surface area contributed by atoms with Gasteiger partial charge in [0.25, 0.3) is 5.91 Å². The maximum Gasteiger partial charge on any atom is 0.274 e. The first-order valence-electron chi connectivity index (χ1n) is 8.88. The predicted molar refractivity (Wildman–Crippen MR) is 109 cm³/mol. The van der Waals surface area contributed by atoms with Crippen molar-refractivity contribution in [3.8, 4) is 5.75 Å². The number of rotatable bonds is 6. The molecule has 0 unspecified atom stereocenters. The lowest BCUT2D eigenvalue weighted by Gasteiger charge is -2.14. The van der Waals surface area contributed by atoms with Crippen LogP contribution < -0.4 is 15.4 Å². The minimum atomic E-state index is -0.281. The van der Waals surface area contributed by atoms with Crippen molar-refractivity contribution in [2.75, 3.05) is 10.6 Å². The lowest BCUT2D eigenvalue weighted by Crippen LogP contribution is -2.15. The Morgan fingerprint density at radius 1 is 0.963 bits per heavy atom. The summed E-state index contributed by atoms with van der Waals surface area (Å²) < 4.78 is 5.73. The topological polar surface area (TPSA) is 63.2 Å². The summed E-state index contributed by atoms with van der Waals surface area (Å²) in [5.41, 5.74) is 3.95. The van der Waals surface area contributed by atoms with E-state index in [9.17, 15) is 4.79 Å². The van der Waals surface area contributed by atoms with Gasteiger partial charge in [0.05, 0.1) is 23.7 Å². The van der Waals surface area contributed by atoms with Crippen LogP contribution in [-0.4, -0.2) is 17.0 Å². The van der Waals surface area contributed by atoms with Crippen LogP contribution in [0.2, 0.25) is 0 Å². The van der Waals surface area contributed by atoms with Crippen LogP contribution in [0.25, 0.3) is 0 Å². The maximum atomic E-state index is 12.5. The lowest BCUT2D eigenvalue weighted by atomic mass is 10.2. The molecule has 0 aliphatic rings. The number of para-hydroxylation sites is 2. The molecule has 0 radical (unpaired) electrons. The number of nitrogens with zero attached hydrogens (tertiary/aromatic N) is 1. The Bertz CT molecular complexity index is 904. The van der Waals surface area contributed by atoms with Crippen LogP contribution in [0.4, 0.5) is 17.1 Å². The Hall–Kier alpha value is -3.34. The molecular formula is C22H23N3O2. The molecule has 1 amide bonds. The van der Waals surface area contributed by atoms with Crippen LogP contribution >= 0.6 is 0 Å². The van der Waals surface area contributed by atoms with E-state index in [4.69, 9.17) is 4.74 Å². The van der Waals surface area contributed by atoms with Gasteiger partial charge < -0.3 is 15.4 Å². The van der Waals surface area contributed by atoms with Crippen molar-refractivity contribution in [3.63, 3.8) is 0 Å². The molecule has 0 spiro atoms. The third-order valence-corrected chi connectivity index (χ3v) is 3.83. The molecule has 3 rings (SSSR count). The van der Waals surface area contributed by atoms with Crippen LogP contribution in [-0.2, 0) is 0 Å². The molecule has 0 aliphatic heterocycles. The van der Waals surface area contributed by atoms with Crippen LogP contribution in [0.3, 0.4) is 0 Å². The van der Waals surface area contributed by atoms with E-state index >= 15 is 0 Å². The molecule has 3 aromatic rings. The summed E-state index contributed by atoms with van der Waals surface area (Å²) in [5, 5.41) is 6.12. The number of aryl methyl sites for hydroxylation is 1. The van der Waals surface area contributed by atoms with E-state index in [0.717, 1.165) is 11.4 Å². The predicted octanol–water partition coefficient (Wildman–Crippen LogP) is 5.17. The van der Waals surface area contributed by atoms with Gasteiger partial charge in [0.15, 0.2) is 0 Å². The van der Waals surface area contributed by atoms with E-state index in [1.807, 2.05) is 75.4 Å². The summed E-state index contributed by atoms with van der Waals surface area (Å²) in [6.07, 6.45) is 1.67. The van der Waals surface area contributed by atoms with Crippen LogP contribution in [0.1, 0.15) is 29.9 Å². The van der Waals surface area contributed by atoms with Gasteiger partial charge >= 0.3 is 0 Å². The Kier molecular flexibility index (Phi) is 5.71. The number of carbonyl (C=O) groups is 1. The average Bonchev–Trinajstić information content (AvgIpc) is 2.65. The first-order valence-corrected chi connectivity index (χ1v) is 8.88. The molecule has 1 aromatic heterocycles. The van der Waals surface area contributed by atoms with Gasteiger partial charge in [-0.1, -0.05) is 29.8 Å². The Morgan fingerprint density at radius 2 is 1.67 bits per heavy atom. The minimum absolute atomic E-state index is 0.0216. The highest BCUT2D eigenvalue weighted by molar-refractivity contribution is 6.03. The number of amides is 1. The molecule has 0 fully saturated rings. The van der Waals surface area contributed by atoms with E-state index in [1.165, 1.54) is 5.56 Å². The SMILES string of the molecule is Cc1ccc(Nc2ccc(C(=O)Nc3ccccc3OC(C)C)nc2)cc1. The zero-order chi connectivity index (χ0) is 19.2. The second kappa shape index (κ2) is 8.36. The number of hydrogen-bond acceptors (Lipinski definition) is 4. The molecule has 27 heavy (non-hydrogen) atoms. The van der Waals surface area contributed by atoms with Gasteiger partial charge in [-0.2, -0.15) is 0 Å². The fourth-order valence-corrected chi connectivity index (χ4v) is 2.52. The van der Waals surface area contributed by atoms with Crippen molar-refractivity contribution < 1.29 is 9.53 Å². The number of nitrogens with one attached hydrogen (secondary N) is 2. The second-order valence-corrected chi connectivity index (χ2v) is 6.54. The zero-order valence-corrected chi connectivity index (χ0v) is 15.7. The molecule has 5 nitrogen and oxygen atoms in total. The number of ether oxygens (including phenoxy) is 1. The molecule has 2 aromatic carbocycles. The number of hydrogen-bond donors (Lipinski definition) is 2. The van der Waals surface area contributed by atoms with E-state index < -0.39 is 0 Å². The van der Waals surface area contributed by atoms with Crippen molar-refractivity contribution in [3.05, 3.63) is 78.1 Å². The molecule has 1 heterocycles. The summed E-state index contributed by atoms with van der Waals surface area (Å²) in [7, 11) is 0. The van der Waals surface area contributed by atoms with Crippen molar-refractivity contribution in [2.45, 2.75) is 26.9 Å². The lowest BCUT2D eigenvalue weighted by molar-refractivity contribution is 0.102. The highest BCUT2D eigenvalue weighted by atomic mass is 16.5. The number of anilines is 3. The summed E-state index contributed by atoms with van der Waals surface area (Å²) in [6.45, 7) is 5.93. The Labute approximate surface area is 159 Å². The van der Waals surface area contributed by atoms with Gasteiger partial charge in [0.1, 0.15) is 11.4 Å². The van der Waals surface area contributed by atoms with Gasteiger partial charge in [-0.3, -0.25) is 4.79 Å². The zero-order valence-electron chi connectivity index (χ0n) is 15.7. The Balaban J connectivity index is 1.68. The van der Waals surface area contributed by atoms with Gasteiger partial charge in [-0.15, -0.1) is 0 Å². The van der Waals surface area contributed by atoms with E-state index in [2.05, 4.69) is 15.6 Å². The van der Waals surface area contributed by atoms with Crippen molar-refractivity contribution >= 4 is 23.0 Å². The fourth-order valence-electron chi connectivity index (χ4n) is 2.52. The largest absolute Gasteiger partial charge is 0.489 e. The average molecular weight is 361 g/mol. The summed E-state index contributed by atoms with van der Waals surface area (Å²) >= 11 is 0. The highest BCUT2D eigenvalue weighted by Gasteiger charge is 2.12. The molecule has 138 valence electrons. The first kappa shape index (κ1) is 18.5. The number of carbonyl (C=O) groups excluding carboxylic acids is 1. The number of pyridine rings is 1. The van der Waals surface area contributed by atoms with Gasteiger partial charge in [-0.05, 0) is 57.2 Å². The van der Waals surface area contributed by atoms with Gasteiger partial charge in [0.2, 0.25) is 0 Å². The highest BCUT2D eigenvalue weighted by Crippen LogP contribution is 2.25. The third-order valence-electron chi connectivity index (χ3n) is 3.83. The molecule has 0 aliphatic carbocycles. The quantitative estimate of drug-likeness (QED) is 0.635. The molecule has 0 bridgehead atoms. The van der Waals surface area contributed by atoms with E-state index in [1.54, 1.807) is 12.3 Å². The summed E-state index contributed by atoms with van der Waals surface area (Å²) in [4.78, 5) is 16.8. The summed E-state index contributed by atoms with van der Waals surface area (Å²) in [6, 6.07) is 19.0. The molecular weight excluding hydrogens is 338 g/mol. The van der Waals surface area contributed by atoms with Crippen molar-refractivity contribution in [1.82, 2.24) is 4.98 Å². The number of benzene rings is 2. The van der Waals surface area contributed by atoms with Crippen LogP contribution in [0.5, 0.6) is 5.75 Å². The van der Waals surface area contributed by atoms with Crippen molar-refractivity contribution in [1.29, 1.82) is 0 Å². The molecule has 0 saturated carbocycles. The monoisotopic (exact) mass is 361 g/mol. The molecule has 0 saturated heterocycles. The van der Waals surface area contributed by atoms with Gasteiger partial charge in [-0.25, -0.2) is 4.98 Å². The summed E-state index contributed by atoms with van der Waals surface area (Å²) in [5.74, 6) is 0.357.